The highest BCUT2D eigenvalue weighted by molar-refractivity contribution is 7.89. The lowest BCUT2D eigenvalue weighted by Crippen LogP contribution is -2.23. The summed E-state index contributed by atoms with van der Waals surface area (Å²) in [4.78, 5) is 13.0. The Morgan fingerprint density at radius 1 is 0.719 bits per heavy atom. The second-order valence-corrected chi connectivity index (χ2v) is 8.97. The van der Waals surface area contributed by atoms with Crippen molar-refractivity contribution in [1.82, 2.24) is 4.72 Å². The van der Waals surface area contributed by atoms with Crippen LogP contribution in [-0.4, -0.2) is 14.3 Å². The summed E-state index contributed by atoms with van der Waals surface area (Å²) in [5.74, 6) is -0.381. The number of benzene rings is 4. The summed E-state index contributed by atoms with van der Waals surface area (Å²) >= 11 is 0. The number of carbonyl (C=O) groups is 1. The first-order valence-corrected chi connectivity index (χ1v) is 11.6. The molecule has 0 saturated heterocycles. The summed E-state index contributed by atoms with van der Waals surface area (Å²) in [5.41, 5.74) is 3.62. The van der Waals surface area contributed by atoms with Gasteiger partial charge >= 0.3 is 0 Å². The molecule has 0 aliphatic rings. The molecule has 6 heteroatoms. The minimum absolute atomic E-state index is 0.0393. The van der Waals surface area contributed by atoms with Crippen LogP contribution in [0.3, 0.4) is 0 Å². The molecule has 0 atom stereocenters. The smallest absolute Gasteiger partial charge is 0.255 e. The number of sulfonamides is 1. The van der Waals surface area contributed by atoms with Crippen molar-refractivity contribution in [2.75, 3.05) is 5.32 Å². The van der Waals surface area contributed by atoms with Gasteiger partial charge in [0, 0.05) is 23.4 Å². The molecule has 4 aromatic rings. The minimum atomic E-state index is -3.77. The predicted octanol–water partition coefficient (Wildman–Crippen LogP) is 5.08. The maximum Gasteiger partial charge on any atom is 0.255 e. The molecule has 0 radical (unpaired) electrons. The van der Waals surface area contributed by atoms with Crippen molar-refractivity contribution in [2.24, 2.45) is 0 Å². The molecule has 1 amide bonds. The zero-order chi connectivity index (χ0) is 22.4. The van der Waals surface area contributed by atoms with Crippen molar-refractivity contribution in [3.05, 3.63) is 120 Å². The predicted molar refractivity (Wildman–Crippen MR) is 127 cm³/mol. The van der Waals surface area contributed by atoms with Gasteiger partial charge in [-0.2, -0.15) is 0 Å². The highest BCUT2D eigenvalue weighted by Crippen LogP contribution is 2.28. The summed E-state index contributed by atoms with van der Waals surface area (Å²) in [6, 6.07) is 32.5. The van der Waals surface area contributed by atoms with E-state index in [0.29, 0.717) is 5.69 Å². The van der Waals surface area contributed by atoms with E-state index in [1.807, 2.05) is 84.9 Å². The summed E-state index contributed by atoms with van der Waals surface area (Å²) in [7, 11) is -3.77. The quantitative estimate of drug-likeness (QED) is 0.419. The van der Waals surface area contributed by atoms with Gasteiger partial charge in [0.2, 0.25) is 10.0 Å². The maximum absolute atomic E-state index is 12.9. The number of carbonyl (C=O) groups excluding carboxylic acids is 1. The number of anilines is 1. The lowest BCUT2D eigenvalue weighted by molar-refractivity contribution is 0.102. The van der Waals surface area contributed by atoms with Crippen LogP contribution >= 0.6 is 0 Å². The van der Waals surface area contributed by atoms with E-state index < -0.39 is 10.0 Å². The number of para-hydroxylation sites is 1. The van der Waals surface area contributed by atoms with Crippen LogP contribution in [0.5, 0.6) is 0 Å². The second kappa shape index (κ2) is 9.60. The second-order valence-electron chi connectivity index (χ2n) is 7.20. The fourth-order valence-corrected chi connectivity index (χ4v) is 4.38. The Hall–Kier alpha value is -3.74. The van der Waals surface area contributed by atoms with Gasteiger partial charge in [-0.05, 0) is 35.4 Å². The van der Waals surface area contributed by atoms with Gasteiger partial charge in [0.25, 0.3) is 5.91 Å². The Morgan fingerprint density at radius 2 is 1.38 bits per heavy atom. The van der Waals surface area contributed by atoms with Gasteiger partial charge in [-0.1, -0.05) is 84.9 Å². The molecule has 2 N–H and O–H groups in total. The molecule has 160 valence electrons. The zero-order valence-electron chi connectivity index (χ0n) is 17.2. The van der Waals surface area contributed by atoms with Crippen LogP contribution in [0.4, 0.5) is 5.69 Å². The Balaban J connectivity index is 1.53. The van der Waals surface area contributed by atoms with Crippen molar-refractivity contribution in [1.29, 1.82) is 0 Å². The fourth-order valence-electron chi connectivity index (χ4n) is 3.32. The normalized spacial score (nSPS) is 11.1. The van der Waals surface area contributed by atoms with E-state index >= 15 is 0 Å². The molecule has 0 spiro atoms. The standard InChI is InChI=1S/C26H22N2O3S/c29-26(28-25-17-8-7-16-24(25)21-12-5-2-6-13-21)22-14-9-15-23(18-22)32(30,31)27-19-20-10-3-1-4-11-20/h1-18,27H,19H2,(H,28,29). The number of amides is 1. The van der Waals surface area contributed by atoms with E-state index in [1.165, 1.54) is 12.1 Å². The Kier molecular flexibility index (Phi) is 6.44. The van der Waals surface area contributed by atoms with E-state index in [2.05, 4.69) is 10.0 Å². The van der Waals surface area contributed by atoms with Gasteiger partial charge in [0.15, 0.2) is 0 Å². The third kappa shape index (κ3) is 5.11. The van der Waals surface area contributed by atoms with Gasteiger partial charge in [-0.3, -0.25) is 4.79 Å². The first kappa shape index (κ1) is 21.5. The van der Waals surface area contributed by atoms with Crippen LogP contribution in [0.1, 0.15) is 15.9 Å². The lowest BCUT2D eigenvalue weighted by atomic mass is 10.0. The van der Waals surface area contributed by atoms with Crippen molar-refractivity contribution in [2.45, 2.75) is 11.4 Å². The number of hydrogen-bond donors (Lipinski definition) is 2. The molecule has 4 aromatic carbocycles. The average molecular weight is 443 g/mol. The summed E-state index contributed by atoms with van der Waals surface area (Å²) < 4.78 is 28.0. The van der Waals surface area contributed by atoms with Crippen LogP contribution in [0, 0.1) is 0 Å². The maximum atomic E-state index is 12.9. The summed E-state index contributed by atoms with van der Waals surface area (Å²) in [5, 5.41) is 2.91. The molecule has 0 heterocycles. The minimum Gasteiger partial charge on any atom is -0.321 e. The molecular weight excluding hydrogens is 420 g/mol. The average Bonchev–Trinajstić information content (AvgIpc) is 2.84. The molecule has 5 nitrogen and oxygen atoms in total. The zero-order valence-corrected chi connectivity index (χ0v) is 18.0. The number of hydrogen-bond acceptors (Lipinski definition) is 3. The van der Waals surface area contributed by atoms with Crippen LogP contribution in [0.2, 0.25) is 0 Å². The van der Waals surface area contributed by atoms with E-state index in [4.69, 9.17) is 0 Å². The van der Waals surface area contributed by atoms with Gasteiger partial charge in [0.05, 0.1) is 4.90 Å². The third-order valence-electron chi connectivity index (χ3n) is 4.98. The molecule has 32 heavy (non-hydrogen) atoms. The fraction of sp³-hybridized carbons (Fsp3) is 0.0385. The van der Waals surface area contributed by atoms with Crippen molar-refractivity contribution in [3.63, 3.8) is 0 Å². The largest absolute Gasteiger partial charge is 0.321 e. The van der Waals surface area contributed by atoms with Crippen LogP contribution in [0.25, 0.3) is 11.1 Å². The summed E-state index contributed by atoms with van der Waals surface area (Å²) in [6.45, 7) is 0.171. The van der Waals surface area contributed by atoms with Crippen LogP contribution < -0.4 is 10.0 Å². The molecule has 0 aliphatic carbocycles. The SMILES string of the molecule is O=C(Nc1ccccc1-c1ccccc1)c1cccc(S(=O)(=O)NCc2ccccc2)c1. The Bertz CT molecular complexity index is 1320. The van der Waals surface area contributed by atoms with Crippen molar-refractivity contribution < 1.29 is 13.2 Å². The van der Waals surface area contributed by atoms with Gasteiger partial charge < -0.3 is 5.32 Å². The highest BCUT2D eigenvalue weighted by Gasteiger charge is 2.17. The third-order valence-corrected chi connectivity index (χ3v) is 6.37. The first-order chi connectivity index (χ1) is 15.5. The van der Waals surface area contributed by atoms with Crippen LogP contribution in [0.15, 0.2) is 114 Å². The van der Waals surface area contributed by atoms with E-state index in [9.17, 15) is 13.2 Å². The summed E-state index contributed by atoms with van der Waals surface area (Å²) in [6.07, 6.45) is 0. The molecule has 0 fully saturated rings. The highest BCUT2D eigenvalue weighted by atomic mass is 32.2. The molecule has 0 saturated carbocycles. The molecule has 4 rings (SSSR count). The van der Waals surface area contributed by atoms with Gasteiger partial charge in [0.1, 0.15) is 0 Å². The van der Waals surface area contributed by atoms with Crippen molar-refractivity contribution in [3.8, 4) is 11.1 Å². The Labute approximate surface area is 187 Å². The van der Waals surface area contributed by atoms with Crippen molar-refractivity contribution >= 4 is 21.6 Å². The van der Waals surface area contributed by atoms with E-state index in [0.717, 1.165) is 16.7 Å². The topological polar surface area (TPSA) is 75.3 Å². The molecule has 0 aromatic heterocycles. The number of nitrogens with one attached hydrogen (secondary N) is 2. The monoisotopic (exact) mass is 442 g/mol. The lowest BCUT2D eigenvalue weighted by Gasteiger charge is -2.12. The first-order valence-electron chi connectivity index (χ1n) is 10.1. The van der Waals surface area contributed by atoms with E-state index in [1.54, 1.807) is 12.1 Å². The Morgan fingerprint density at radius 3 is 2.12 bits per heavy atom. The molecular formula is C26H22N2O3S. The van der Waals surface area contributed by atoms with E-state index in [-0.39, 0.29) is 22.9 Å². The molecule has 0 aliphatic heterocycles. The molecule has 0 bridgehead atoms. The van der Waals surface area contributed by atoms with Crippen LogP contribution in [-0.2, 0) is 16.6 Å². The van der Waals surface area contributed by atoms with Gasteiger partial charge in [-0.25, -0.2) is 13.1 Å². The number of rotatable bonds is 7. The molecule has 0 unspecified atom stereocenters. The van der Waals surface area contributed by atoms with Gasteiger partial charge in [-0.15, -0.1) is 0 Å².